The molecule has 2 unspecified atom stereocenters. The molecule has 16 heavy (non-hydrogen) atoms. The third kappa shape index (κ3) is 3.56. The Morgan fingerprint density at radius 2 is 1.94 bits per heavy atom. The second-order valence-corrected chi connectivity index (χ2v) is 4.31. The molecule has 0 spiro atoms. The zero-order valence-corrected chi connectivity index (χ0v) is 9.84. The largest absolute Gasteiger partial charge is 0.328 e. The van der Waals surface area contributed by atoms with Crippen LogP contribution < -0.4 is 5.73 Å². The molecular weight excluding hydrogens is 208 g/mol. The summed E-state index contributed by atoms with van der Waals surface area (Å²) in [4.78, 5) is 0. The molecule has 0 radical (unpaired) electrons. The Hall–Kier alpha value is -0.960. The summed E-state index contributed by atoms with van der Waals surface area (Å²) in [7, 11) is 0. The Morgan fingerprint density at radius 3 is 2.56 bits per heavy atom. The van der Waals surface area contributed by atoms with E-state index >= 15 is 0 Å². The van der Waals surface area contributed by atoms with Gasteiger partial charge in [0.1, 0.15) is 11.6 Å². The molecule has 0 saturated carbocycles. The fourth-order valence-corrected chi connectivity index (χ4v) is 1.72. The molecular formula is C13H19F2N. The van der Waals surface area contributed by atoms with Crippen LogP contribution in [0.15, 0.2) is 18.2 Å². The minimum atomic E-state index is -0.386. The van der Waals surface area contributed by atoms with E-state index in [0.717, 1.165) is 25.3 Å². The van der Waals surface area contributed by atoms with E-state index in [-0.39, 0.29) is 23.6 Å². The van der Waals surface area contributed by atoms with Crippen LogP contribution in [0.3, 0.4) is 0 Å². The van der Waals surface area contributed by atoms with Gasteiger partial charge in [-0.05, 0) is 48.9 Å². The van der Waals surface area contributed by atoms with Gasteiger partial charge in [-0.15, -0.1) is 0 Å². The Kier molecular flexibility index (Phi) is 4.87. The van der Waals surface area contributed by atoms with Crippen molar-refractivity contribution in [3.8, 4) is 0 Å². The van der Waals surface area contributed by atoms with Crippen LogP contribution in [0.1, 0.15) is 44.6 Å². The number of nitrogens with two attached hydrogens (primary N) is 1. The highest BCUT2D eigenvalue weighted by Crippen LogP contribution is 2.24. The van der Waals surface area contributed by atoms with E-state index in [4.69, 9.17) is 5.73 Å². The van der Waals surface area contributed by atoms with Crippen molar-refractivity contribution in [1.29, 1.82) is 0 Å². The SMILES string of the molecule is CCC(N)CCC(C)c1cc(F)ccc1F. The first-order valence-corrected chi connectivity index (χ1v) is 5.75. The van der Waals surface area contributed by atoms with Gasteiger partial charge in [0.25, 0.3) is 0 Å². The van der Waals surface area contributed by atoms with Crippen LogP contribution >= 0.6 is 0 Å². The molecule has 2 N–H and O–H groups in total. The lowest BCUT2D eigenvalue weighted by atomic mass is 9.93. The predicted octanol–water partition coefficient (Wildman–Crippen LogP) is 3.59. The molecule has 0 heterocycles. The van der Waals surface area contributed by atoms with Gasteiger partial charge in [0.2, 0.25) is 0 Å². The zero-order chi connectivity index (χ0) is 12.1. The highest BCUT2D eigenvalue weighted by molar-refractivity contribution is 5.22. The molecule has 0 aliphatic heterocycles. The quantitative estimate of drug-likeness (QED) is 0.817. The number of hydrogen-bond donors (Lipinski definition) is 1. The van der Waals surface area contributed by atoms with E-state index in [1.807, 2.05) is 13.8 Å². The molecule has 2 atom stereocenters. The average Bonchev–Trinajstić information content (AvgIpc) is 2.28. The first-order chi connectivity index (χ1) is 7.54. The monoisotopic (exact) mass is 227 g/mol. The maximum Gasteiger partial charge on any atom is 0.126 e. The van der Waals surface area contributed by atoms with Gasteiger partial charge < -0.3 is 5.73 Å². The normalized spacial score (nSPS) is 14.8. The summed E-state index contributed by atoms with van der Waals surface area (Å²) in [5.74, 6) is -0.713. The Labute approximate surface area is 95.7 Å². The van der Waals surface area contributed by atoms with Crippen LogP contribution in [0.4, 0.5) is 8.78 Å². The highest BCUT2D eigenvalue weighted by atomic mass is 19.1. The molecule has 90 valence electrons. The van der Waals surface area contributed by atoms with Gasteiger partial charge in [-0.2, -0.15) is 0 Å². The predicted molar refractivity (Wildman–Crippen MR) is 62.3 cm³/mol. The van der Waals surface area contributed by atoms with Crippen LogP contribution in [0.2, 0.25) is 0 Å². The summed E-state index contributed by atoms with van der Waals surface area (Å²) < 4.78 is 26.4. The maximum absolute atomic E-state index is 13.4. The van der Waals surface area contributed by atoms with Crippen LogP contribution in [0.25, 0.3) is 0 Å². The van der Waals surface area contributed by atoms with E-state index in [1.54, 1.807) is 0 Å². The van der Waals surface area contributed by atoms with Crippen molar-refractivity contribution >= 4 is 0 Å². The van der Waals surface area contributed by atoms with Gasteiger partial charge in [-0.25, -0.2) is 8.78 Å². The smallest absolute Gasteiger partial charge is 0.126 e. The van der Waals surface area contributed by atoms with Gasteiger partial charge in [-0.3, -0.25) is 0 Å². The number of halogens is 2. The summed E-state index contributed by atoms with van der Waals surface area (Å²) in [6.07, 6.45) is 2.54. The molecule has 1 aromatic carbocycles. The van der Waals surface area contributed by atoms with E-state index < -0.39 is 0 Å². The minimum absolute atomic E-state index is 0.00769. The van der Waals surface area contributed by atoms with Crippen LogP contribution in [0.5, 0.6) is 0 Å². The van der Waals surface area contributed by atoms with Crippen LogP contribution in [0, 0.1) is 11.6 Å². The van der Waals surface area contributed by atoms with E-state index in [0.29, 0.717) is 5.56 Å². The molecule has 0 aliphatic rings. The van der Waals surface area contributed by atoms with Crippen molar-refractivity contribution in [2.45, 2.75) is 45.1 Å². The third-order valence-corrected chi connectivity index (χ3v) is 2.98. The molecule has 0 saturated heterocycles. The van der Waals surface area contributed by atoms with E-state index in [1.165, 1.54) is 12.1 Å². The summed E-state index contributed by atoms with van der Waals surface area (Å²) in [6, 6.07) is 3.75. The molecule has 3 heteroatoms. The third-order valence-electron chi connectivity index (χ3n) is 2.98. The second kappa shape index (κ2) is 5.94. The lowest BCUT2D eigenvalue weighted by Crippen LogP contribution is -2.19. The van der Waals surface area contributed by atoms with Crippen LogP contribution in [-0.4, -0.2) is 6.04 Å². The summed E-state index contributed by atoms with van der Waals surface area (Å²) >= 11 is 0. The fraction of sp³-hybridized carbons (Fsp3) is 0.538. The molecule has 0 aromatic heterocycles. The van der Waals surface area contributed by atoms with E-state index in [9.17, 15) is 8.78 Å². The fourth-order valence-electron chi connectivity index (χ4n) is 1.72. The zero-order valence-electron chi connectivity index (χ0n) is 9.84. The van der Waals surface area contributed by atoms with Crippen LogP contribution in [-0.2, 0) is 0 Å². The highest BCUT2D eigenvalue weighted by Gasteiger charge is 2.13. The molecule has 1 nitrogen and oxygen atoms in total. The first kappa shape index (κ1) is 13.1. The molecule has 0 bridgehead atoms. The number of benzene rings is 1. The van der Waals surface area contributed by atoms with Crippen molar-refractivity contribution in [2.24, 2.45) is 5.73 Å². The Bertz CT molecular complexity index is 339. The molecule has 1 aromatic rings. The lowest BCUT2D eigenvalue weighted by Gasteiger charge is -2.15. The van der Waals surface area contributed by atoms with E-state index in [2.05, 4.69) is 0 Å². The summed E-state index contributed by atoms with van der Waals surface area (Å²) in [6.45, 7) is 3.93. The van der Waals surface area contributed by atoms with Crippen molar-refractivity contribution in [3.63, 3.8) is 0 Å². The van der Waals surface area contributed by atoms with Gasteiger partial charge in [0.05, 0.1) is 0 Å². The van der Waals surface area contributed by atoms with Gasteiger partial charge in [0, 0.05) is 6.04 Å². The second-order valence-electron chi connectivity index (χ2n) is 4.31. The Balaban J connectivity index is 2.65. The number of hydrogen-bond acceptors (Lipinski definition) is 1. The average molecular weight is 227 g/mol. The standard InChI is InChI=1S/C13H19F2N/c1-3-11(16)6-4-9(2)12-8-10(14)5-7-13(12)15/h5,7-9,11H,3-4,6,16H2,1-2H3. The number of rotatable bonds is 5. The maximum atomic E-state index is 13.4. The minimum Gasteiger partial charge on any atom is -0.328 e. The lowest BCUT2D eigenvalue weighted by molar-refractivity contribution is 0.507. The summed E-state index contributed by atoms with van der Waals surface area (Å²) in [5, 5.41) is 0. The molecule has 0 amide bonds. The first-order valence-electron chi connectivity index (χ1n) is 5.75. The van der Waals surface area contributed by atoms with Crippen molar-refractivity contribution in [2.75, 3.05) is 0 Å². The summed E-state index contributed by atoms with van der Waals surface area (Å²) in [5.41, 5.74) is 6.25. The van der Waals surface area contributed by atoms with Crippen molar-refractivity contribution in [1.82, 2.24) is 0 Å². The van der Waals surface area contributed by atoms with Gasteiger partial charge in [0.15, 0.2) is 0 Å². The topological polar surface area (TPSA) is 26.0 Å². The van der Waals surface area contributed by atoms with Gasteiger partial charge >= 0.3 is 0 Å². The van der Waals surface area contributed by atoms with Gasteiger partial charge in [-0.1, -0.05) is 13.8 Å². The molecule has 0 aliphatic carbocycles. The molecule has 0 fully saturated rings. The Morgan fingerprint density at radius 1 is 1.25 bits per heavy atom. The molecule has 1 rings (SSSR count). The van der Waals surface area contributed by atoms with Crippen molar-refractivity contribution < 1.29 is 8.78 Å². The van der Waals surface area contributed by atoms with Crippen molar-refractivity contribution in [3.05, 3.63) is 35.4 Å².